The Hall–Kier alpha value is -3.22. The fourth-order valence-electron chi connectivity index (χ4n) is 3.67. The van der Waals surface area contributed by atoms with Gasteiger partial charge in [-0.3, -0.25) is 19.4 Å². The third kappa shape index (κ3) is 3.88. The van der Waals surface area contributed by atoms with Crippen LogP contribution in [0.5, 0.6) is 5.75 Å². The summed E-state index contributed by atoms with van der Waals surface area (Å²) in [7, 11) is 0. The van der Waals surface area contributed by atoms with Crippen LogP contribution in [-0.4, -0.2) is 36.8 Å². The maximum Gasteiger partial charge on any atom is 0.251 e. The van der Waals surface area contributed by atoms with E-state index < -0.39 is 0 Å². The first-order valence-corrected chi connectivity index (χ1v) is 9.51. The molecule has 0 atom stereocenters. The molecule has 144 valence electrons. The van der Waals surface area contributed by atoms with Crippen LogP contribution in [0.3, 0.4) is 0 Å². The Morgan fingerprint density at radius 3 is 2.71 bits per heavy atom. The lowest BCUT2D eigenvalue weighted by Crippen LogP contribution is -2.38. The van der Waals surface area contributed by atoms with E-state index in [1.165, 1.54) is 0 Å². The van der Waals surface area contributed by atoms with Crippen molar-refractivity contribution in [3.63, 3.8) is 0 Å². The van der Waals surface area contributed by atoms with Gasteiger partial charge in [-0.05, 0) is 56.4 Å². The third-order valence-electron chi connectivity index (χ3n) is 5.33. The number of nitrogens with zero attached hydrogens (tertiary/aromatic N) is 4. The van der Waals surface area contributed by atoms with Gasteiger partial charge >= 0.3 is 0 Å². The molecule has 3 aromatic rings. The highest BCUT2D eigenvalue weighted by Gasteiger charge is 2.24. The van der Waals surface area contributed by atoms with Gasteiger partial charge in [-0.15, -0.1) is 0 Å². The summed E-state index contributed by atoms with van der Waals surface area (Å²) in [5, 5.41) is 17.2. The molecule has 7 heteroatoms. The lowest BCUT2D eigenvalue weighted by atomic mass is 9.91. The maximum absolute atomic E-state index is 12.5. The van der Waals surface area contributed by atoms with E-state index in [4.69, 9.17) is 0 Å². The molecule has 1 aliphatic carbocycles. The number of aromatic nitrogens is 4. The van der Waals surface area contributed by atoms with Gasteiger partial charge in [-0.2, -0.15) is 5.10 Å². The van der Waals surface area contributed by atoms with E-state index in [-0.39, 0.29) is 17.7 Å². The Balaban J connectivity index is 1.34. The van der Waals surface area contributed by atoms with Crippen LogP contribution in [0.4, 0.5) is 0 Å². The molecule has 0 saturated heterocycles. The summed E-state index contributed by atoms with van der Waals surface area (Å²) >= 11 is 0. The number of carbonyl (C=O) groups excluding carboxylic acids is 1. The molecule has 1 aromatic carbocycles. The number of hydrogen-bond acceptors (Lipinski definition) is 5. The Labute approximate surface area is 163 Å². The Morgan fingerprint density at radius 2 is 2.00 bits per heavy atom. The van der Waals surface area contributed by atoms with Gasteiger partial charge in [0.15, 0.2) is 0 Å². The minimum atomic E-state index is -0.0874. The molecule has 1 aliphatic rings. The van der Waals surface area contributed by atoms with E-state index in [9.17, 15) is 9.90 Å². The van der Waals surface area contributed by atoms with E-state index in [1.54, 1.807) is 43.7 Å². The van der Waals surface area contributed by atoms with E-state index >= 15 is 0 Å². The second kappa shape index (κ2) is 7.80. The lowest BCUT2D eigenvalue weighted by molar-refractivity contribution is 0.0921. The fraction of sp³-hybridized carbons (Fsp3) is 0.333. The van der Waals surface area contributed by atoms with Crippen LogP contribution >= 0.6 is 0 Å². The third-order valence-corrected chi connectivity index (χ3v) is 5.33. The van der Waals surface area contributed by atoms with Crippen LogP contribution in [0.1, 0.15) is 47.6 Å². The molecular formula is C21H23N5O2. The fourth-order valence-corrected chi connectivity index (χ4v) is 3.67. The first kappa shape index (κ1) is 18.2. The SMILES string of the molecule is Cc1cc(C(=O)NC2CCC(n3cc(-c4cnccn4)cn3)CC2)ccc1O. The molecule has 4 rings (SSSR count). The Bertz CT molecular complexity index is 962. The lowest BCUT2D eigenvalue weighted by Gasteiger charge is -2.29. The molecule has 28 heavy (non-hydrogen) atoms. The van der Waals surface area contributed by atoms with Gasteiger partial charge in [0.2, 0.25) is 0 Å². The number of nitrogens with one attached hydrogen (secondary N) is 1. The molecule has 0 bridgehead atoms. The summed E-state index contributed by atoms with van der Waals surface area (Å²) in [4.78, 5) is 20.9. The van der Waals surface area contributed by atoms with Gasteiger partial charge in [-0.25, -0.2) is 0 Å². The van der Waals surface area contributed by atoms with Crippen LogP contribution in [0, 0.1) is 6.92 Å². The van der Waals surface area contributed by atoms with Crippen molar-refractivity contribution < 1.29 is 9.90 Å². The molecule has 1 fully saturated rings. The van der Waals surface area contributed by atoms with Crippen LogP contribution in [0.15, 0.2) is 49.2 Å². The zero-order valence-corrected chi connectivity index (χ0v) is 15.7. The minimum Gasteiger partial charge on any atom is -0.508 e. The minimum absolute atomic E-state index is 0.0874. The van der Waals surface area contributed by atoms with Crippen molar-refractivity contribution in [1.29, 1.82) is 0 Å². The molecule has 1 amide bonds. The second-order valence-corrected chi connectivity index (χ2v) is 7.28. The molecule has 0 spiro atoms. The summed E-state index contributed by atoms with van der Waals surface area (Å²) < 4.78 is 2.01. The maximum atomic E-state index is 12.5. The van der Waals surface area contributed by atoms with Crippen molar-refractivity contribution in [1.82, 2.24) is 25.1 Å². The van der Waals surface area contributed by atoms with Crippen LogP contribution in [0.2, 0.25) is 0 Å². The largest absolute Gasteiger partial charge is 0.508 e. The normalized spacial score (nSPS) is 19.3. The number of aromatic hydroxyl groups is 1. The number of aryl methyl sites for hydroxylation is 1. The number of benzene rings is 1. The molecular weight excluding hydrogens is 354 g/mol. The van der Waals surface area contributed by atoms with Crippen LogP contribution in [-0.2, 0) is 0 Å². The van der Waals surface area contributed by atoms with Crippen molar-refractivity contribution in [2.45, 2.75) is 44.7 Å². The first-order valence-electron chi connectivity index (χ1n) is 9.51. The Morgan fingerprint density at radius 1 is 1.18 bits per heavy atom. The monoisotopic (exact) mass is 377 g/mol. The molecule has 0 unspecified atom stereocenters. The average molecular weight is 377 g/mol. The average Bonchev–Trinajstić information content (AvgIpc) is 3.21. The Kier molecular flexibility index (Phi) is 5.06. The smallest absolute Gasteiger partial charge is 0.251 e. The predicted octanol–water partition coefficient (Wildman–Crippen LogP) is 3.27. The quantitative estimate of drug-likeness (QED) is 0.728. The van der Waals surface area contributed by atoms with E-state index in [1.807, 2.05) is 17.1 Å². The highest BCUT2D eigenvalue weighted by molar-refractivity contribution is 5.94. The summed E-state index contributed by atoms with van der Waals surface area (Å²) in [6, 6.07) is 5.42. The number of rotatable bonds is 4. The molecule has 2 heterocycles. The molecule has 1 saturated carbocycles. The first-order chi connectivity index (χ1) is 13.6. The van der Waals surface area contributed by atoms with Crippen molar-refractivity contribution in [2.75, 3.05) is 0 Å². The summed E-state index contributed by atoms with van der Waals surface area (Å²) in [6.07, 6.45) is 12.7. The molecule has 2 aromatic heterocycles. The molecule has 0 aliphatic heterocycles. The number of amides is 1. The number of phenols is 1. The van der Waals surface area contributed by atoms with Gasteiger partial charge in [0, 0.05) is 35.8 Å². The summed E-state index contributed by atoms with van der Waals surface area (Å²) in [5.41, 5.74) is 3.07. The molecule has 0 radical (unpaired) electrons. The molecule has 7 nitrogen and oxygen atoms in total. The highest BCUT2D eigenvalue weighted by atomic mass is 16.3. The van der Waals surface area contributed by atoms with E-state index in [0.717, 1.165) is 36.9 Å². The molecule has 2 N–H and O–H groups in total. The van der Waals surface area contributed by atoms with Gasteiger partial charge in [0.1, 0.15) is 5.75 Å². The summed E-state index contributed by atoms with van der Waals surface area (Å²) in [5.74, 6) is 0.118. The van der Waals surface area contributed by atoms with Crippen molar-refractivity contribution >= 4 is 5.91 Å². The zero-order chi connectivity index (χ0) is 19.5. The summed E-state index contributed by atoms with van der Waals surface area (Å²) in [6.45, 7) is 1.79. The van der Waals surface area contributed by atoms with Crippen LogP contribution in [0.25, 0.3) is 11.3 Å². The topological polar surface area (TPSA) is 92.9 Å². The zero-order valence-electron chi connectivity index (χ0n) is 15.7. The van der Waals surface area contributed by atoms with E-state index in [2.05, 4.69) is 20.4 Å². The van der Waals surface area contributed by atoms with Gasteiger partial charge < -0.3 is 10.4 Å². The van der Waals surface area contributed by atoms with E-state index in [0.29, 0.717) is 17.2 Å². The van der Waals surface area contributed by atoms with Gasteiger partial charge in [0.05, 0.1) is 24.1 Å². The number of phenolic OH excluding ortho intramolecular Hbond substituents is 1. The predicted molar refractivity (Wildman–Crippen MR) is 105 cm³/mol. The van der Waals surface area contributed by atoms with Crippen molar-refractivity contribution in [3.8, 4) is 17.0 Å². The number of hydrogen-bond donors (Lipinski definition) is 2. The standard InChI is InChI=1S/C21H23N5O2/c1-14-10-15(2-7-20(14)27)21(28)25-17-3-5-18(6-4-17)26-13-16(11-24-26)19-12-22-8-9-23-19/h2,7-13,17-18,27H,3-6H2,1H3,(H,25,28). The number of carbonyl (C=O) groups is 1. The van der Waals surface area contributed by atoms with Crippen molar-refractivity contribution in [3.05, 3.63) is 60.3 Å². The highest BCUT2D eigenvalue weighted by Crippen LogP contribution is 2.29. The van der Waals surface area contributed by atoms with Crippen molar-refractivity contribution in [2.24, 2.45) is 0 Å². The second-order valence-electron chi connectivity index (χ2n) is 7.28. The van der Waals surface area contributed by atoms with Crippen LogP contribution < -0.4 is 5.32 Å². The van der Waals surface area contributed by atoms with Gasteiger partial charge in [0.25, 0.3) is 5.91 Å². The van der Waals surface area contributed by atoms with Gasteiger partial charge in [-0.1, -0.05) is 0 Å².